The fourth-order valence-corrected chi connectivity index (χ4v) is 5.10. The second-order valence-corrected chi connectivity index (χ2v) is 9.73. The lowest BCUT2D eigenvalue weighted by Crippen LogP contribution is -2.50. The van der Waals surface area contributed by atoms with Gasteiger partial charge in [-0.1, -0.05) is 62.6 Å². The number of hydrogen-bond acceptors (Lipinski definition) is 3. The van der Waals surface area contributed by atoms with Crippen LogP contribution in [0, 0.1) is 18.8 Å². The van der Waals surface area contributed by atoms with E-state index in [0.717, 1.165) is 28.8 Å². The van der Waals surface area contributed by atoms with Crippen molar-refractivity contribution in [3.63, 3.8) is 0 Å². The average Bonchev–Trinajstić information content (AvgIpc) is 3.25. The van der Waals surface area contributed by atoms with Crippen molar-refractivity contribution in [3.05, 3.63) is 57.8 Å². The topological polar surface area (TPSA) is 49.4 Å². The molecule has 1 heterocycles. The van der Waals surface area contributed by atoms with Crippen molar-refractivity contribution in [3.8, 4) is 0 Å². The molecule has 1 aromatic carbocycles. The number of benzene rings is 1. The molecule has 30 heavy (non-hydrogen) atoms. The van der Waals surface area contributed by atoms with Crippen LogP contribution >= 0.6 is 22.9 Å². The standard InChI is InChI=1S/C24H31ClN2O2S/c1-16-9-11-19(12-10-16)23(24(29)26-21-8-4-6-17(2)18(21)3)27(22(28)14-25)15-20-7-5-13-30-20/h5,7,9-13,17-18,21,23H,4,6,8,14-15H2,1-3H3,(H,26,29)/t17-,18-,21-,23-/m1/s1. The second kappa shape index (κ2) is 10.5. The molecule has 0 spiro atoms. The average molecular weight is 447 g/mol. The van der Waals surface area contributed by atoms with Crippen LogP contribution in [-0.2, 0) is 16.1 Å². The Labute approximate surface area is 188 Å². The molecule has 2 aromatic rings. The van der Waals surface area contributed by atoms with E-state index in [1.807, 2.05) is 48.7 Å². The van der Waals surface area contributed by atoms with Gasteiger partial charge in [0.15, 0.2) is 0 Å². The van der Waals surface area contributed by atoms with Gasteiger partial charge in [-0.05, 0) is 42.2 Å². The Hall–Kier alpha value is -1.85. The zero-order chi connectivity index (χ0) is 21.7. The molecule has 162 valence electrons. The summed E-state index contributed by atoms with van der Waals surface area (Å²) in [5, 5.41) is 5.26. The third-order valence-corrected chi connectivity index (χ3v) is 7.42. The predicted molar refractivity (Wildman–Crippen MR) is 124 cm³/mol. The molecule has 1 aliphatic rings. The number of aryl methyl sites for hydroxylation is 1. The third-order valence-electron chi connectivity index (χ3n) is 6.33. The molecule has 4 nitrogen and oxygen atoms in total. The first-order valence-electron chi connectivity index (χ1n) is 10.7. The highest BCUT2D eigenvalue weighted by atomic mass is 35.5. The summed E-state index contributed by atoms with van der Waals surface area (Å²) in [4.78, 5) is 29.1. The van der Waals surface area contributed by atoms with Gasteiger partial charge in [-0.3, -0.25) is 9.59 Å². The highest BCUT2D eigenvalue weighted by Gasteiger charge is 2.35. The Morgan fingerprint density at radius 3 is 2.57 bits per heavy atom. The van der Waals surface area contributed by atoms with E-state index in [9.17, 15) is 9.59 Å². The SMILES string of the molecule is Cc1ccc([C@H](C(=O)N[C@@H]2CCC[C@@H](C)[C@H]2C)N(Cc2cccs2)C(=O)CCl)cc1. The van der Waals surface area contributed by atoms with E-state index in [1.54, 1.807) is 16.2 Å². The van der Waals surface area contributed by atoms with E-state index < -0.39 is 6.04 Å². The molecule has 1 N–H and O–H groups in total. The summed E-state index contributed by atoms with van der Waals surface area (Å²) in [5.74, 6) is 0.470. The minimum Gasteiger partial charge on any atom is -0.351 e. The number of amides is 2. The molecule has 6 heteroatoms. The minimum atomic E-state index is -0.705. The zero-order valence-corrected chi connectivity index (χ0v) is 19.5. The van der Waals surface area contributed by atoms with Crippen molar-refractivity contribution in [1.29, 1.82) is 0 Å². The summed E-state index contributed by atoms with van der Waals surface area (Å²) < 4.78 is 0. The lowest BCUT2D eigenvalue weighted by atomic mass is 9.78. The van der Waals surface area contributed by atoms with Crippen LogP contribution in [0.3, 0.4) is 0 Å². The maximum atomic E-state index is 13.6. The van der Waals surface area contributed by atoms with E-state index in [0.29, 0.717) is 18.4 Å². The molecule has 0 unspecified atom stereocenters. The van der Waals surface area contributed by atoms with Crippen LogP contribution in [0.25, 0.3) is 0 Å². The van der Waals surface area contributed by atoms with Gasteiger partial charge in [0, 0.05) is 10.9 Å². The first-order valence-corrected chi connectivity index (χ1v) is 12.1. The highest BCUT2D eigenvalue weighted by molar-refractivity contribution is 7.09. The lowest BCUT2D eigenvalue weighted by Gasteiger charge is -2.37. The Morgan fingerprint density at radius 2 is 1.93 bits per heavy atom. The van der Waals surface area contributed by atoms with Gasteiger partial charge in [0.2, 0.25) is 11.8 Å². The number of hydrogen-bond donors (Lipinski definition) is 1. The second-order valence-electron chi connectivity index (χ2n) is 8.43. The van der Waals surface area contributed by atoms with Crippen molar-refractivity contribution in [2.45, 2.75) is 58.7 Å². The van der Waals surface area contributed by atoms with Gasteiger partial charge in [0.05, 0.1) is 6.54 Å². The normalized spacial score (nSPS) is 22.3. The summed E-state index contributed by atoms with van der Waals surface area (Å²) in [6, 6.07) is 11.2. The summed E-state index contributed by atoms with van der Waals surface area (Å²) in [6.45, 7) is 6.84. The molecule has 0 saturated heterocycles. The number of alkyl halides is 1. The third kappa shape index (κ3) is 5.44. The van der Waals surface area contributed by atoms with E-state index in [1.165, 1.54) is 6.42 Å². The fourth-order valence-electron chi connectivity index (χ4n) is 4.24. The summed E-state index contributed by atoms with van der Waals surface area (Å²) in [5.41, 5.74) is 1.92. The quantitative estimate of drug-likeness (QED) is 0.586. The maximum absolute atomic E-state index is 13.6. The summed E-state index contributed by atoms with van der Waals surface area (Å²) >= 11 is 7.54. The Kier molecular flexibility index (Phi) is 7.95. The Bertz CT molecular complexity index is 837. The molecule has 1 fully saturated rings. The zero-order valence-electron chi connectivity index (χ0n) is 17.9. The smallest absolute Gasteiger partial charge is 0.247 e. The molecular formula is C24H31ClN2O2S. The minimum absolute atomic E-state index is 0.125. The molecular weight excluding hydrogens is 416 g/mol. The lowest BCUT2D eigenvalue weighted by molar-refractivity contribution is -0.140. The maximum Gasteiger partial charge on any atom is 0.247 e. The van der Waals surface area contributed by atoms with Gasteiger partial charge in [-0.2, -0.15) is 0 Å². The van der Waals surface area contributed by atoms with Crippen molar-refractivity contribution in [2.75, 3.05) is 5.88 Å². The van der Waals surface area contributed by atoms with E-state index >= 15 is 0 Å². The summed E-state index contributed by atoms with van der Waals surface area (Å²) in [7, 11) is 0. The van der Waals surface area contributed by atoms with Crippen molar-refractivity contribution in [1.82, 2.24) is 10.2 Å². The van der Waals surface area contributed by atoms with Crippen LogP contribution in [0.5, 0.6) is 0 Å². The molecule has 0 radical (unpaired) electrons. The number of rotatable bonds is 7. The van der Waals surface area contributed by atoms with Gasteiger partial charge in [0.25, 0.3) is 0 Å². The van der Waals surface area contributed by atoms with Crippen LogP contribution in [0.2, 0.25) is 0 Å². The number of halogens is 1. The highest BCUT2D eigenvalue weighted by Crippen LogP contribution is 2.31. The molecule has 1 aliphatic carbocycles. The van der Waals surface area contributed by atoms with Crippen LogP contribution in [0.15, 0.2) is 41.8 Å². The van der Waals surface area contributed by atoms with E-state index in [2.05, 4.69) is 19.2 Å². The number of nitrogens with one attached hydrogen (secondary N) is 1. The van der Waals surface area contributed by atoms with Crippen LogP contribution in [-0.4, -0.2) is 28.6 Å². The molecule has 0 bridgehead atoms. The first-order chi connectivity index (χ1) is 14.4. The van der Waals surface area contributed by atoms with E-state index in [-0.39, 0.29) is 23.7 Å². The van der Waals surface area contributed by atoms with Crippen LogP contribution < -0.4 is 5.32 Å². The molecule has 2 amide bonds. The van der Waals surface area contributed by atoms with Gasteiger partial charge < -0.3 is 10.2 Å². The van der Waals surface area contributed by atoms with Gasteiger partial charge in [-0.15, -0.1) is 22.9 Å². The first kappa shape index (κ1) is 22.8. The monoisotopic (exact) mass is 446 g/mol. The van der Waals surface area contributed by atoms with Crippen molar-refractivity contribution in [2.24, 2.45) is 11.8 Å². The predicted octanol–water partition coefficient (Wildman–Crippen LogP) is 5.31. The number of carbonyl (C=O) groups is 2. The van der Waals surface area contributed by atoms with Gasteiger partial charge in [-0.25, -0.2) is 0 Å². The number of nitrogens with zero attached hydrogens (tertiary/aromatic N) is 1. The fraction of sp³-hybridized carbons (Fsp3) is 0.500. The molecule has 1 saturated carbocycles. The van der Waals surface area contributed by atoms with Gasteiger partial charge in [0.1, 0.15) is 11.9 Å². The number of thiophene rings is 1. The molecule has 1 aromatic heterocycles. The van der Waals surface area contributed by atoms with Crippen molar-refractivity contribution >= 4 is 34.8 Å². The molecule has 4 atom stereocenters. The largest absolute Gasteiger partial charge is 0.351 e. The van der Waals surface area contributed by atoms with Gasteiger partial charge >= 0.3 is 0 Å². The molecule has 3 rings (SSSR count). The van der Waals surface area contributed by atoms with Crippen LogP contribution in [0.1, 0.15) is 55.2 Å². The number of carbonyl (C=O) groups excluding carboxylic acids is 2. The van der Waals surface area contributed by atoms with Crippen molar-refractivity contribution < 1.29 is 9.59 Å². The Morgan fingerprint density at radius 1 is 1.20 bits per heavy atom. The Balaban J connectivity index is 1.92. The molecule has 0 aliphatic heterocycles. The van der Waals surface area contributed by atoms with E-state index in [4.69, 9.17) is 11.6 Å². The summed E-state index contributed by atoms with van der Waals surface area (Å²) in [6.07, 6.45) is 3.29. The van der Waals surface area contributed by atoms with Crippen LogP contribution in [0.4, 0.5) is 0 Å².